The normalized spacial score (nSPS) is 18.9. The van der Waals surface area contributed by atoms with Crippen molar-refractivity contribution in [1.29, 1.82) is 0 Å². The molecule has 0 bridgehead atoms. The molecule has 4 amide bonds. The van der Waals surface area contributed by atoms with Crippen LogP contribution >= 0.6 is 7.60 Å². The molecule has 0 aliphatic carbocycles. The minimum atomic E-state index is -5.79. The molecule has 0 saturated carbocycles. The van der Waals surface area contributed by atoms with Gasteiger partial charge in [0, 0.05) is 35.3 Å². The molecule has 5 rings (SSSR count). The molecule has 1 aromatic heterocycles. The maximum atomic E-state index is 14.3. The van der Waals surface area contributed by atoms with Crippen LogP contribution in [0, 0.1) is 5.92 Å². The van der Waals surface area contributed by atoms with Gasteiger partial charge in [-0.05, 0) is 54.5 Å². The highest BCUT2D eigenvalue weighted by Crippen LogP contribution is 2.59. The molecule has 3 atom stereocenters. The lowest BCUT2D eigenvalue weighted by atomic mass is 9.98. The van der Waals surface area contributed by atoms with Crippen LogP contribution in [0.3, 0.4) is 0 Å². The maximum Gasteiger partial charge on any atom is 0.399 e. The fourth-order valence-corrected chi connectivity index (χ4v) is 6.45. The minimum absolute atomic E-state index is 0.00471. The van der Waals surface area contributed by atoms with Crippen molar-refractivity contribution < 1.29 is 42.3 Å². The minimum Gasteiger partial charge on any atom is -0.370 e. The Balaban J connectivity index is 1.38. The van der Waals surface area contributed by atoms with E-state index in [-0.39, 0.29) is 53.7 Å². The molecule has 0 spiro atoms. The van der Waals surface area contributed by atoms with Crippen LogP contribution in [0.4, 0.5) is 14.5 Å². The van der Waals surface area contributed by atoms with E-state index in [2.05, 4.69) is 15.6 Å². The van der Waals surface area contributed by atoms with Crippen molar-refractivity contribution >= 4 is 47.8 Å². The summed E-state index contributed by atoms with van der Waals surface area (Å²) in [6.07, 6.45) is 1.38. The number of amides is 4. The van der Waals surface area contributed by atoms with Crippen LogP contribution in [-0.4, -0.2) is 56.5 Å². The van der Waals surface area contributed by atoms with Crippen molar-refractivity contribution in [2.45, 2.75) is 69.7 Å². The van der Waals surface area contributed by atoms with Gasteiger partial charge in [0.2, 0.25) is 17.7 Å². The van der Waals surface area contributed by atoms with Gasteiger partial charge in [-0.15, -0.1) is 0 Å². The Labute approximate surface area is 256 Å². The first-order valence-electron chi connectivity index (χ1n) is 14.5. The summed E-state index contributed by atoms with van der Waals surface area (Å²) >= 11 is 0. The monoisotopic (exact) mass is 645 g/mol. The molecule has 2 aliphatic rings. The number of H-pyrrole nitrogens is 1. The molecule has 2 aliphatic heterocycles. The second kappa shape index (κ2) is 12.0. The molecule has 0 unspecified atom stereocenters. The summed E-state index contributed by atoms with van der Waals surface area (Å²) in [5.74, 6) is -2.06. The van der Waals surface area contributed by atoms with E-state index < -0.39 is 48.6 Å². The molecule has 0 fully saturated rings. The zero-order valence-electron chi connectivity index (χ0n) is 24.5. The van der Waals surface area contributed by atoms with Crippen LogP contribution in [-0.2, 0) is 37.5 Å². The number of fused-ring (bicyclic) bond motifs is 1. The Morgan fingerprint density at radius 2 is 1.87 bits per heavy atom. The summed E-state index contributed by atoms with van der Waals surface area (Å²) in [5, 5.41) is 5.81. The van der Waals surface area contributed by atoms with Gasteiger partial charge < -0.3 is 31.1 Å². The van der Waals surface area contributed by atoms with Gasteiger partial charge in [0.1, 0.15) is 17.8 Å². The lowest BCUT2D eigenvalue weighted by Crippen LogP contribution is -2.56. The van der Waals surface area contributed by atoms with E-state index in [0.29, 0.717) is 18.5 Å². The smallest absolute Gasteiger partial charge is 0.370 e. The van der Waals surface area contributed by atoms with Crippen LogP contribution < -0.4 is 21.3 Å². The molecule has 12 nitrogen and oxygen atoms in total. The number of nitrogens with one attached hydrogen (secondary N) is 3. The number of aryl methyl sites for hydroxylation is 1. The Morgan fingerprint density at radius 3 is 2.53 bits per heavy atom. The largest absolute Gasteiger partial charge is 0.399 e. The second-order valence-electron chi connectivity index (χ2n) is 11.9. The van der Waals surface area contributed by atoms with E-state index >= 15 is 0 Å². The molecule has 3 aromatic rings. The average molecular weight is 646 g/mol. The lowest BCUT2D eigenvalue weighted by Gasteiger charge is -2.30. The number of benzene rings is 2. The van der Waals surface area contributed by atoms with E-state index in [0.717, 1.165) is 23.3 Å². The number of hydrogen-bond donors (Lipinski definition) is 6. The zero-order valence-corrected chi connectivity index (χ0v) is 25.4. The van der Waals surface area contributed by atoms with E-state index in [1.165, 1.54) is 17.0 Å². The molecule has 3 heterocycles. The van der Waals surface area contributed by atoms with E-state index in [1.807, 2.05) is 32.0 Å². The number of carbonyl (C=O) groups is 4. The summed E-state index contributed by atoms with van der Waals surface area (Å²) < 4.78 is 39.8. The Morgan fingerprint density at radius 1 is 1.16 bits per heavy atom. The molecule has 0 radical (unpaired) electrons. The molecule has 45 heavy (non-hydrogen) atoms. The van der Waals surface area contributed by atoms with Gasteiger partial charge in [0.05, 0.1) is 5.69 Å². The first-order valence-corrected chi connectivity index (χ1v) is 16.1. The number of halogens is 2. The lowest BCUT2D eigenvalue weighted by molar-refractivity contribution is -0.127. The maximum absolute atomic E-state index is 14.3. The quantitative estimate of drug-likeness (QED) is 0.182. The van der Waals surface area contributed by atoms with Crippen molar-refractivity contribution in [3.05, 3.63) is 64.8 Å². The number of nitrogens with two attached hydrogens (primary N) is 1. The van der Waals surface area contributed by atoms with Crippen molar-refractivity contribution in [3.8, 4) is 0 Å². The van der Waals surface area contributed by atoms with E-state index in [9.17, 15) is 32.5 Å². The number of para-hydroxylation sites is 1. The zero-order chi connectivity index (χ0) is 32.8. The molecule has 7 N–H and O–H groups in total. The van der Waals surface area contributed by atoms with Crippen molar-refractivity contribution in [2.75, 3.05) is 4.90 Å². The van der Waals surface area contributed by atoms with Crippen molar-refractivity contribution in [2.24, 2.45) is 11.7 Å². The van der Waals surface area contributed by atoms with Gasteiger partial charge in [0.25, 0.3) is 5.91 Å². The predicted octanol–water partition coefficient (Wildman–Crippen LogP) is 2.80. The number of anilines is 1. The molecule has 240 valence electrons. The summed E-state index contributed by atoms with van der Waals surface area (Å²) in [6, 6.07) is 7.50. The third kappa shape index (κ3) is 6.22. The van der Waals surface area contributed by atoms with Gasteiger partial charge in [0.15, 0.2) is 0 Å². The number of rotatable bonds is 10. The molecular formula is C30H34F2N5O7P. The van der Waals surface area contributed by atoms with Gasteiger partial charge in [-0.3, -0.25) is 28.6 Å². The number of aromatic amines is 1. The molecular weight excluding hydrogens is 611 g/mol. The number of alkyl halides is 2. The Kier molecular flexibility index (Phi) is 8.60. The number of carbonyl (C=O) groups excluding carboxylic acids is 4. The van der Waals surface area contributed by atoms with Crippen LogP contribution in [0.5, 0.6) is 0 Å². The Hall–Kier alpha value is -4.13. The van der Waals surface area contributed by atoms with Crippen LogP contribution in [0.1, 0.15) is 60.3 Å². The van der Waals surface area contributed by atoms with Crippen LogP contribution in [0.25, 0.3) is 10.9 Å². The van der Waals surface area contributed by atoms with Gasteiger partial charge in [-0.25, -0.2) is 0 Å². The standard InChI is InChI=1S/C30H34F2N5O7P/c1-15(2)20(10-11-25(33)38)35-28(40)24-14-17-5-3-4-16-6-8-22(29(41)37(24)26(16)17)36-27(39)23-13-18-12-19(7-9-21(18)34-23)30(31,32)45(42,43)44/h3-5,7,9,12-13,15,20,22,24,34H,6,8,10-11,14H2,1-2H3,(H2,33,38)(H,35,40)(H,36,39)(H2,42,43,44)/t20-,22-,24-/m0/s1. The first kappa shape index (κ1) is 32.3. The fourth-order valence-electron chi connectivity index (χ4n) is 5.97. The highest BCUT2D eigenvalue weighted by molar-refractivity contribution is 7.52. The summed E-state index contributed by atoms with van der Waals surface area (Å²) in [5.41, 5.74) is 2.51. The number of nitrogens with zero attached hydrogens (tertiary/aromatic N) is 1. The van der Waals surface area contributed by atoms with E-state index in [1.54, 1.807) is 0 Å². The Bertz CT molecular complexity index is 1740. The van der Waals surface area contributed by atoms with Gasteiger partial charge in [-0.2, -0.15) is 8.78 Å². The second-order valence-corrected chi connectivity index (χ2v) is 13.5. The highest BCUT2D eigenvalue weighted by atomic mass is 31.2. The molecule has 15 heteroatoms. The predicted molar refractivity (Wildman–Crippen MR) is 160 cm³/mol. The van der Waals surface area contributed by atoms with E-state index in [4.69, 9.17) is 15.5 Å². The van der Waals surface area contributed by atoms with Gasteiger partial charge in [-0.1, -0.05) is 38.1 Å². The fraction of sp³-hybridized carbons (Fsp3) is 0.400. The third-order valence-corrected chi connectivity index (χ3v) is 9.42. The third-order valence-electron chi connectivity index (χ3n) is 8.43. The summed E-state index contributed by atoms with van der Waals surface area (Å²) in [4.78, 5) is 74.7. The molecule has 2 aromatic carbocycles. The van der Waals surface area contributed by atoms with Crippen molar-refractivity contribution in [1.82, 2.24) is 15.6 Å². The SMILES string of the molecule is CC(C)[C@H](CCC(N)=O)NC(=O)[C@@H]1Cc2cccc3c2N1C(=O)[C@@H](NC(=O)c1cc2cc(C(F)(F)P(=O)(O)O)ccc2[nH]1)CC3. The first-order chi connectivity index (χ1) is 21.1. The van der Waals surface area contributed by atoms with Gasteiger partial charge >= 0.3 is 13.3 Å². The summed E-state index contributed by atoms with van der Waals surface area (Å²) in [7, 11) is -5.79. The number of primary amides is 1. The number of hydrogen-bond acceptors (Lipinski definition) is 5. The summed E-state index contributed by atoms with van der Waals surface area (Å²) in [6.45, 7) is 3.81. The van der Waals surface area contributed by atoms with Crippen molar-refractivity contribution in [3.63, 3.8) is 0 Å². The highest BCUT2D eigenvalue weighted by Gasteiger charge is 2.50. The average Bonchev–Trinajstić information content (AvgIpc) is 3.54. The van der Waals surface area contributed by atoms with Crippen LogP contribution in [0.15, 0.2) is 42.5 Å². The molecule has 0 saturated heterocycles. The van der Waals surface area contributed by atoms with Crippen LogP contribution in [0.2, 0.25) is 0 Å². The number of aromatic nitrogens is 1. The topological polar surface area (TPSA) is 195 Å².